The van der Waals surface area contributed by atoms with Gasteiger partial charge >= 0.3 is 0 Å². The van der Waals surface area contributed by atoms with Crippen LogP contribution in [0.5, 0.6) is 0 Å². The highest BCUT2D eigenvalue weighted by molar-refractivity contribution is 7.10. The number of rotatable bonds is 4. The largest absolute Gasteiger partial charge is 0.330 e. The highest BCUT2D eigenvalue weighted by Crippen LogP contribution is 2.38. The summed E-state index contributed by atoms with van der Waals surface area (Å²) in [4.78, 5) is 32.2. The van der Waals surface area contributed by atoms with Gasteiger partial charge in [-0.05, 0) is 69.5 Å². The van der Waals surface area contributed by atoms with Crippen LogP contribution in [0.1, 0.15) is 74.1 Å². The van der Waals surface area contributed by atoms with E-state index in [1.54, 1.807) is 11.3 Å². The molecule has 2 aromatic rings. The van der Waals surface area contributed by atoms with Gasteiger partial charge in [-0.3, -0.25) is 9.59 Å². The number of benzene rings is 1. The Balaban J connectivity index is 1.62. The minimum absolute atomic E-state index is 0.0451. The van der Waals surface area contributed by atoms with Crippen LogP contribution in [0, 0.1) is 12.8 Å². The fraction of sp³-hybridized carbons (Fsp3) is 0.538. The molecule has 0 N–H and O–H groups in total. The number of amides is 2. The number of carbonyl (C=O) groups is 2. The number of carbonyl (C=O) groups excluding carboxylic acids is 2. The molecule has 1 saturated carbocycles. The van der Waals surface area contributed by atoms with Crippen molar-refractivity contribution in [1.82, 2.24) is 9.80 Å². The molecule has 1 aromatic carbocycles. The summed E-state index contributed by atoms with van der Waals surface area (Å²) < 4.78 is 0. The summed E-state index contributed by atoms with van der Waals surface area (Å²) >= 11 is 1.78. The van der Waals surface area contributed by atoms with Crippen molar-refractivity contribution in [3.8, 4) is 0 Å². The second-order valence-corrected chi connectivity index (χ2v) is 11.0. The average Bonchev–Trinajstić information content (AvgIpc) is 3.42. The normalized spacial score (nSPS) is 19.4. The Morgan fingerprint density at radius 3 is 2.42 bits per heavy atom. The number of aryl methyl sites for hydroxylation is 1. The number of nitrogens with zero attached hydrogens (tertiary/aromatic N) is 2. The molecule has 4 nitrogen and oxygen atoms in total. The van der Waals surface area contributed by atoms with Crippen LogP contribution in [0.15, 0.2) is 35.7 Å². The van der Waals surface area contributed by atoms with Crippen LogP contribution in [0.4, 0.5) is 0 Å². The summed E-state index contributed by atoms with van der Waals surface area (Å²) in [6.07, 6.45) is 5.02. The highest BCUT2D eigenvalue weighted by Gasteiger charge is 2.38. The van der Waals surface area contributed by atoms with Crippen molar-refractivity contribution in [2.75, 3.05) is 13.1 Å². The predicted octanol–water partition coefficient (Wildman–Crippen LogP) is 5.35. The monoisotopic (exact) mass is 438 g/mol. The summed E-state index contributed by atoms with van der Waals surface area (Å²) in [7, 11) is 0. The first kappa shape index (κ1) is 22.1. The molecule has 1 unspecified atom stereocenters. The van der Waals surface area contributed by atoms with Gasteiger partial charge in [-0.15, -0.1) is 11.3 Å². The summed E-state index contributed by atoms with van der Waals surface area (Å²) in [6.45, 7) is 9.05. The maximum absolute atomic E-state index is 13.7. The van der Waals surface area contributed by atoms with E-state index in [1.165, 1.54) is 16.0 Å². The van der Waals surface area contributed by atoms with E-state index in [0.29, 0.717) is 6.54 Å². The Bertz CT molecular complexity index is 935. The quantitative estimate of drug-likeness (QED) is 0.646. The summed E-state index contributed by atoms with van der Waals surface area (Å²) in [5, 5.41) is 2.13. The zero-order chi connectivity index (χ0) is 22.2. The number of hydrogen-bond donors (Lipinski definition) is 0. The Kier molecular flexibility index (Phi) is 6.25. The van der Waals surface area contributed by atoms with Crippen LogP contribution in [-0.2, 0) is 16.0 Å². The molecular weight excluding hydrogens is 404 g/mol. The number of fused-ring (bicyclic) bond motifs is 1. The van der Waals surface area contributed by atoms with Gasteiger partial charge in [-0.1, -0.05) is 42.7 Å². The molecule has 2 amide bonds. The van der Waals surface area contributed by atoms with Gasteiger partial charge in [0.2, 0.25) is 11.8 Å². The second kappa shape index (κ2) is 8.78. The van der Waals surface area contributed by atoms with Gasteiger partial charge in [0, 0.05) is 22.9 Å². The maximum atomic E-state index is 13.7. The molecule has 1 fully saturated rings. The molecule has 0 bridgehead atoms. The van der Waals surface area contributed by atoms with Crippen molar-refractivity contribution in [2.24, 2.45) is 5.92 Å². The van der Waals surface area contributed by atoms with E-state index in [1.807, 2.05) is 30.6 Å². The van der Waals surface area contributed by atoms with Crippen molar-refractivity contribution < 1.29 is 9.59 Å². The molecule has 166 valence electrons. The van der Waals surface area contributed by atoms with Gasteiger partial charge in [-0.2, -0.15) is 0 Å². The molecule has 2 aliphatic rings. The molecule has 1 aliphatic heterocycles. The molecule has 1 atom stereocenters. The first-order valence-corrected chi connectivity index (χ1v) is 12.4. The average molecular weight is 439 g/mol. The van der Waals surface area contributed by atoms with Gasteiger partial charge in [0.25, 0.3) is 0 Å². The first-order valence-electron chi connectivity index (χ1n) is 11.5. The molecule has 1 aliphatic carbocycles. The van der Waals surface area contributed by atoms with Gasteiger partial charge in [-0.25, -0.2) is 0 Å². The van der Waals surface area contributed by atoms with E-state index in [-0.39, 0.29) is 35.9 Å². The van der Waals surface area contributed by atoms with Crippen LogP contribution in [0.25, 0.3) is 0 Å². The topological polar surface area (TPSA) is 40.6 Å². The van der Waals surface area contributed by atoms with Crippen LogP contribution in [-0.4, -0.2) is 40.2 Å². The minimum Gasteiger partial charge on any atom is -0.330 e. The fourth-order valence-electron chi connectivity index (χ4n) is 4.96. The van der Waals surface area contributed by atoms with E-state index in [0.717, 1.165) is 37.7 Å². The lowest BCUT2D eigenvalue weighted by Crippen LogP contribution is -2.54. The second-order valence-electron chi connectivity index (χ2n) is 10.0. The molecule has 5 heteroatoms. The minimum atomic E-state index is -0.377. The molecule has 1 aromatic heterocycles. The Morgan fingerprint density at radius 2 is 1.77 bits per heavy atom. The van der Waals surface area contributed by atoms with Gasteiger partial charge < -0.3 is 9.80 Å². The Morgan fingerprint density at radius 1 is 1.10 bits per heavy atom. The predicted molar refractivity (Wildman–Crippen MR) is 126 cm³/mol. The molecule has 31 heavy (non-hydrogen) atoms. The summed E-state index contributed by atoms with van der Waals surface area (Å²) in [5.74, 6) is 0.270. The lowest BCUT2D eigenvalue weighted by molar-refractivity contribution is -0.148. The standard InChI is InChI=1S/C26H34N2O2S/c1-18-9-11-19(12-10-18)24-21-14-16-31-22(21)13-15-27(24)23(29)17-28(26(2,3)4)25(30)20-7-5-6-8-20/h9-12,14,16,20,24H,5-8,13,15,17H2,1-4H3. The number of thiophene rings is 1. The third kappa shape index (κ3) is 4.57. The first-order chi connectivity index (χ1) is 14.8. The Labute approximate surface area is 190 Å². The van der Waals surface area contributed by atoms with E-state index in [9.17, 15) is 9.59 Å². The molecule has 0 radical (unpaired) electrons. The van der Waals surface area contributed by atoms with Crippen molar-refractivity contribution in [1.29, 1.82) is 0 Å². The lowest BCUT2D eigenvalue weighted by atomic mass is 9.92. The smallest absolute Gasteiger partial charge is 0.243 e. The third-order valence-corrected chi connectivity index (χ3v) is 7.75. The summed E-state index contributed by atoms with van der Waals surface area (Å²) in [5.41, 5.74) is 3.21. The Hall–Kier alpha value is -2.14. The molecule has 2 heterocycles. The lowest BCUT2D eigenvalue weighted by Gasteiger charge is -2.41. The van der Waals surface area contributed by atoms with Crippen LogP contribution in [0.3, 0.4) is 0 Å². The van der Waals surface area contributed by atoms with E-state index in [2.05, 4.69) is 42.6 Å². The highest BCUT2D eigenvalue weighted by atomic mass is 32.1. The van der Waals surface area contributed by atoms with E-state index >= 15 is 0 Å². The van der Waals surface area contributed by atoms with Crippen LogP contribution < -0.4 is 0 Å². The van der Waals surface area contributed by atoms with Crippen molar-refractivity contribution in [3.63, 3.8) is 0 Å². The van der Waals surface area contributed by atoms with E-state index in [4.69, 9.17) is 0 Å². The van der Waals surface area contributed by atoms with Gasteiger partial charge in [0.1, 0.15) is 6.54 Å². The van der Waals surface area contributed by atoms with Gasteiger partial charge in [0.15, 0.2) is 0 Å². The SMILES string of the molecule is Cc1ccc(C2c3ccsc3CCN2C(=O)CN(C(=O)C2CCCC2)C(C)(C)C)cc1. The molecule has 4 rings (SSSR count). The molecular formula is C26H34N2O2S. The zero-order valence-electron chi connectivity index (χ0n) is 19.2. The summed E-state index contributed by atoms with van der Waals surface area (Å²) in [6, 6.07) is 10.6. The third-order valence-electron chi connectivity index (χ3n) is 6.75. The van der Waals surface area contributed by atoms with Crippen LogP contribution in [0.2, 0.25) is 0 Å². The zero-order valence-corrected chi connectivity index (χ0v) is 20.0. The maximum Gasteiger partial charge on any atom is 0.243 e. The van der Waals surface area contributed by atoms with Crippen molar-refractivity contribution in [3.05, 3.63) is 57.3 Å². The van der Waals surface area contributed by atoms with Crippen molar-refractivity contribution >= 4 is 23.2 Å². The van der Waals surface area contributed by atoms with Crippen molar-refractivity contribution in [2.45, 2.75) is 71.4 Å². The fourth-order valence-corrected chi connectivity index (χ4v) is 5.86. The van der Waals surface area contributed by atoms with E-state index < -0.39 is 0 Å². The molecule has 0 saturated heterocycles. The number of hydrogen-bond acceptors (Lipinski definition) is 3. The van der Waals surface area contributed by atoms with Crippen LogP contribution >= 0.6 is 11.3 Å². The molecule has 0 spiro atoms. The van der Waals surface area contributed by atoms with Gasteiger partial charge in [0.05, 0.1) is 6.04 Å².